The maximum atomic E-state index is 9.92. The van der Waals surface area contributed by atoms with Crippen LogP contribution in [0.2, 0.25) is 0 Å². The van der Waals surface area contributed by atoms with Crippen molar-refractivity contribution in [1.29, 1.82) is 0 Å². The van der Waals surface area contributed by atoms with Crippen LogP contribution in [0.5, 0.6) is 5.75 Å². The van der Waals surface area contributed by atoms with E-state index in [4.69, 9.17) is 4.74 Å². The van der Waals surface area contributed by atoms with Crippen LogP contribution >= 0.6 is 0 Å². The Morgan fingerprint density at radius 3 is 2.88 bits per heavy atom. The molecule has 0 aliphatic carbocycles. The molecule has 3 heteroatoms. The molecule has 1 atom stereocenters. The molecule has 0 amide bonds. The van der Waals surface area contributed by atoms with Gasteiger partial charge in [0.25, 0.3) is 0 Å². The number of ether oxygens (including phenoxy) is 1. The molecule has 0 saturated carbocycles. The number of fused-ring (bicyclic) bond motifs is 1. The van der Waals surface area contributed by atoms with Crippen LogP contribution in [0.1, 0.15) is 25.0 Å². The van der Waals surface area contributed by atoms with Gasteiger partial charge in [0, 0.05) is 11.6 Å². The molecule has 1 unspecified atom stereocenters. The van der Waals surface area contributed by atoms with Crippen molar-refractivity contribution in [3.05, 3.63) is 36.0 Å². The molecule has 0 bridgehead atoms. The SMILES string of the molecule is CCC(O)c1ccnc2ccc(OC)cc12. The van der Waals surface area contributed by atoms with Crippen molar-refractivity contribution in [1.82, 2.24) is 4.98 Å². The average Bonchev–Trinajstić information content (AvgIpc) is 2.36. The second-order valence-corrected chi connectivity index (χ2v) is 3.71. The Labute approximate surface area is 94.7 Å². The minimum Gasteiger partial charge on any atom is -0.497 e. The zero-order valence-corrected chi connectivity index (χ0v) is 9.47. The number of nitrogens with zero attached hydrogens (tertiary/aromatic N) is 1. The highest BCUT2D eigenvalue weighted by molar-refractivity contribution is 5.83. The first kappa shape index (κ1) is 10.9. The van der Waals surface area contributed by atoms with E-state index in [0.717, 1.165) is 22.2 Å². The second kappa shape index (κ2) is 4.49. The first-order chi connectivity index (χ1) is 7.76. The van der Waals surface area contributed by atoms with E-state index in [1.165, 1.54) is 0 Å². The van der Waals surface area contributed by atoms with E-state index < -0.39 is 6.10 Å². The van der Waals surface area contributed by atoms with Gasteiger partial charge >= 0.3 is 0 Å². The summed E-state index contributed by atoms with van der Waals surface area (Å²) >= 11 is 0. The van der Waals surface area contributed by atoms with Crippen molar-refractivity contribution >= 4 is 10.9 Å². The van der Waals surface area contributed by atoms with E-state index in [2.05, 4.69) is 4.98 Å². The Balaban J connectivity index is 2.64. The Kier molecular flexibility index (Phi) is 3.06. The molecular formula is C13H15NO2. The molecule has 0 aliphatic rings. The zero-order valence-electron chi connectivity index (χ0n) is 9.47. The van der Waals surface area contributed by atoms with Gasteiger partial charge in [0.1, 0.15) is 5.75 Å². The third-order valence-electron chi connectivity index (χ3n) is 2.73. The predicted octanol–water partition coefficient (Wildman–Crippen LogP) is 2.69. The highest BCUT2D eigenvalue weighted by Crippen LogP contribution is 2.27. The van der Waals surface area contributed by atoms with Crippen LogP contribution in [-0.4, -0.2) is 17.2 Å². The number of pyridine rings is 1. The van der Waals surface area contributed by atoms with E-state index in [1.54, 1.807) is 13.3 Å². The zero-order chi connectivity index (χ0) is 11.5. The molecular weight excluding hydrogens is 202 g/mol. The molecule has 0 saturated heterocycles. The molecule has 2 aromatic rings. The summed E-state index contributed by atoms with van der Waals surface area (Å²) in [5.74, 6) is 0.782. The summed E-state index contributed by atoms with van der Waals surface area (Å²) < 4.78 is 5.18. The van der Waals surface area contributed by atoms with Crippen molar-refractivity contribution in [2.24, 2.45) is 0 Å². The molecule has 0 spiro atoms. The lowest BCUT2D eigenvalue weighted by molar-refractivity contribution is 0.175. The lowest BCUT2D eigenvalue weighted by Gasteiger charge is -2.11. The highest BCUT2D eigenvalue weighted by Gasteiger charge is 2.10. The lowest BCUT2D eigenvalue weighted by Crippen LogP contribution is -1.97. The molecule has 84 valence electrons. The predicted molar refractivity (Wildman–Crippen MR) is 63.5 cm³/mol. The van der Waals surface area contributed by atoms with E-state index in [9.17, 15) is 5.11 Å². The van der Waals surface area contributed by atoms with Crippen LogP contribution < -0.4 is 4.74 Å². The van der Waals surface area contributed by atoms with Crippen molar-refractivity contribution in [2.45, 2.75) is 19.4 Å². The number of hydrogen-bond donors (Lipinski definition) is 1. The van der Waals surface area contributed by atoms with Crippen LogP contribution in [0.4, 0.5) is 0 Å². The molecule has 1 heterocycles. The van der Waals surface area contributed by atoms with Crippen molar-refractivity contribution in [3.63, 3.8) is 0 Å². The number of hydrogen-bond acceptors (Lipinski definition) is 3. The number of aliphatic hydroxyl groups is 1. The number of rotatable bonds is 3. The van der Waals surface area contributed by atoms with Gasteiger partial charge in [-0.1, -0.05) is 6.92 Å². The van der Waals surface area contributed by atoms with Gasteiger partial charge in [-0.3, -0.25) is 4.98 Å². The quantitative estimate of drug-likeness (QED) is 0.859. The Bertz CT molecular complexity index is 496. The maximum absolute atomic E-state index is 9.92. The van der Waals surface area contributed by atoms with Crippen LogP contribution in [0.25, 0.3) is 10.9 Å². The smallest absolute Gasteiger partial charge is 0.119 e. The summed E-state index contributed by atoms with van der Waals surface area (Å²) in [7, 11) is 1.63. The highest BCUT2D eigenvalue weighted by atomic mass is 16.5. The van der Waals surface area contributed by atoms with E-state index in [1.807, 2.05) is 31.2 Å². The second-order valence-electron chi connectivity index (χ2n) is 3.71. The van der Waals surface area contributed by atoms with Gasteiger partial charge in [-0.25, -0.2) is 0 Å². The van der Waals surface area contributed by atoms with E-state index >= 15 is 0 Å². The summed E-state index contributed by atoms with van der Waals surface area (Å²) in [6.45, 7) is 1.96. The monoisotopic (exact) mass is 217 g/mol. The van der Waals surface area contributed by atoms with E-state index in [-0.39, 0.29) is 0 Å². The fraction of sp³-hybridized carbons (Fsp3) is 0.308. The molecule has 1 aromatic heterocycles. The Morgan fingerprint density at radius 1 is 1.38 bits per heavy atom. The van der Waals surface area contributed by atoms with Gasteiger partial charge in [0.15, 0.2) is 0 Å². The number of aliphatic hydroxyl groups excluding tert-OH is 1. The fourth-order valence-corrected chi connectivity index (χ4v) is 1.78. The summed E-state index contributed by atoms with van der Waals surface area (Å²) in [6.07, 6.45) is 1.97. The van der Waals surface area contributed by atoms with Gasteiger partial charge in [-0.2, -0.15) is 0 Å². The van der Waals surface area contributed by atoms with Gasteiger partial charge in [0.2, 0.25) is 0 Å². The van der Waals surface area contributed by atoms with E-state index in [0.29, 0.717) is 6.42 Å². The van der Waals surface area contributed by atoms with Crippen molar-refractivity contribution in [2.75, 3.05) is 7.11 Å². The summed E-state index contributed by atoms with van der Waals surface area (Å²) in [6, 6.07) is 7.55. The standard InChI is InChI=1S/C13H15NO2/c1-3-13(15)10-6-7-14-12-5-4-9(16-2)8-11(10)12/h4-8,13,15H,3H2,1-2H3. The first-order valence-corrected chi connectivity index (χ1v) is 5.37. The summed E-state index contributed by atoms with van der Waals surface area (Å²) in [5.41, 5.74) is 1.79. The largest absolute Gasteiger partial charge is 0.497 e. The summed E-state index contributed by atoms with van der Waals surface area (Å²) in [4.78, 5) is 4.27. The minimum atomic E-state index is -0.447. The topological polar surface area (TPSA) is 42.4 Å². The maximum Gasteiger partial charge on any atom is 0.119 e. The average molecular weight is 217 g/mol. The van der Waals surface area contributed by atoms with Crippen LogP contribution in [0.3, 0.4) is 0 Å². The van der Waals surface area contributed by atoms with Crippen molar-refractivity contribution < 1.29 is 9.84 Å². The third kappa shape index (κ3) is 1.86. The van der Waals surface area contributed by atoms with Crippen LogP contribution in [-0.2, 0) is 0 Å². The van der Waals surface area contributed by atoms with Crippen LogP contribution in [0, 0.1) is 0 Å². The van der Waals surface area contributed by atoms with Gasteiger partial charge in [-0.15, -0.1) is 0 Å². The number of methoxy groups -OCH3 is 1. The minimum absolute atomic E-state index is 0.447. The summed E-state index contributed by atoms with van der Waals surface area (Å²) in [5, 5.41) is 10.9. The molecule has 0 fully saturated rings. The molecule has 16 heavy (non-hydrogen) atoms. The van der Waals surface area contributed by atoms with Gasteiger partial charge in [0.05, 0.1) is 18.7 Å². The van der Waals surface area contributed by atoms with Crippen molar-refractivity contribution in [3.8, 4) is 5.75 Å². The molecule has 0 radical (unpaired) electrons. The molecule has 3 nitrogen and oxygen atoms in total. The molecule has 0 aliphatic heterocycles. The van der Waals surface area contributed by atoms with Gasteiger partial charge in [-0.05, 0) is 36.2 Å². The molecule has 1 N–H and O–H groups in total. The Morgan fingerprint density at radius 2 is 2.19 bits per heavy atom. The first-order valence-electron chi connectivity index (χ1n) is 5.37. The normalized spacial score (nSPS) is 12.7. The number of benzene rings is 1. The Hall–Kier alpha value is -1.61. The third-order valence-corrected chi connectivity index (χ3v) is 2.73. The number of aromatic nitrogens is 1. The lowest BCUT2D eigenvalue weighted by atomic mass is 10.0. The molecule has 1 aromatic carbocycles. The molecule has 2 rings (SSSR count). The fourth-order valence-electron chi connectivity index (χ4n) is 1.78. The van der Waals surface area contributed by atoms with Crippen LogP contribution in [0.15, 0.2) is 30.5 Å². The van der Waals surface area contributed by atoms with Gasteiger partial charge < -0.3 is 9.84 Å².